The SMILES string of the molecule is Cc1c(CCC(=O)O)ccc(OCC2=C(c3ccc(Cl)cc3Cl)CCC2)c1C. The molecule has 0 aliphatic heterocycles. The highest BCUT2D eigenvalue weighted by atomic mass is 35.5. The predicted molar refractivity (Wildman–Crippen MR) is 115 cm³/mol. The zero-order valence-corrected chi connectivity index (χ0v) is 17.7. The van der Waals surface area contributed by atoms with Crippen molar-refractivity contribution >= 4 is 34.7 Å². The van der Waals surface area contributed by atoms with Crippen LogP contribution in [0.25, 0.3) is 5.57 Å². The summed E-state index contributed by atoms with van der Waals surface area (Å²) in [7, 11) is 0. The molecular formula is C23H24Cl2O3. The Kier molecular flexibility index (Phi) is 6.69. The van der Waals surface area contributed by atoms with Crippen LogP contribution >= 0.6 is 23.2 Å². The van der Waals surface area contributed by atoms with E-state index in [1.165, 1.54) is 11.1 Å². The smallest absolute Gasteiger partial charge is 0.303 e. The maximum Gasteiger partial charge on any atom is 0.303 e. The molecule has 2 aromatic carbocycles. The molecule has 0 heterocycles. The summed E-state index contributed by atoms with van der Waals surface area (Å²) in [6.45, 7) is 4.57. The van der Waals surface area contributed by atoms with E-state index in [-0.39, 0.29) is 6.42 Å². The van der Waals surface area contributed by atoms with Gasteiger partial charge in [-0.1, -0.05) is 35.3 Å². The van der Waals surface area contributed by atoms with Crippen LogP contribution in [0, 0.1) is 13.8 Å². The average Bonchev–Trinajstić information content (AvgIpc) is 3.10. The Morgan fingerprint density at radius 3 is 2.61 bits per heavy atom. The van der Waals surface area contributed by atoms with Gasteiger partial charge in [-0.2, -0.15) is 0 Å². The van der Waals surface area contributed by atoms with Crippen molar-refractivity contribution in [2.24, 2.45) is 0 Å². The molecule has 28 heavy (non-hydrogen) atoms. The van der Waals surface area contributed by atoms with E-state index in [9.17, 15) is 4.79 Å². The van der Waals surface area contributed by atoms with Gasteiger partial charge in [0.15, 0.2) is 0 Å². The Morgan fingerprint density at radius 1 is 1.11 bits per heavy atom. The minimum atomic E-state index is -0.779. The topological polar surface area (TPSA) is 46.5 Å². The van der Waals surface area contributed by atoms with E-state index < -0.39 is 5.97 Å². The van der Waals surface area contributed by atoms with Gasteiger partial charge in [-0.05, 0) is 91.1 Å². The molecule has 0 bridgehead atoms. The highest BCUT2D eigenvalue weighted by Crippen LogP contribution is 2.38. The third-order valence-corrected chi connectivity index (χ3v) is 6.00. The van der Waals surface area contributed by atoms with Gasteiger partial charge < -0.3 is 9.84 Å². The van der Waals surface area contributed by atoms with Crippen molar-refractivity contribution in [3.8, 4) is 5.75 Å². The summed E-state index contributed by atoms with van der Waals surface area (Å²) < 4.78 is 6.15. The number of halogens is 2. The average molecular weight is 419 g/mol. The second-order valence-electron chi connectivity index (χ2n) is 7.22. The van der Waals surface area contributed by atoms with Crippen molar-refractivity contribution in [2.45, 2.75) is 46.0 Å². The molecule has 0 saturated carbocycles. The first kappa shape index (κ1) is 20.8. The van der Waals surface area contributed by atoms with Crippen LogP contribution in [-0.4, -0.2) is 17.7 Å². The lowest BCUT2D eigenvalue weighted by molar-refractivity contribution is -0.136. The fourth-order valence-corrected chi connectivity index (χ4v) is 4.23. The predicted octanol–water partition coefficient (Wildman–Crippen LogP) is 6.64. The second-order valence-corrected chi connectivity index (χ2v) is 8.06. The van der Waals surface area contributed by atoms with Gasteiger partial charge in [0.05, 0.1) is 0 Å². The van der Waals surface area contributed by atoms with Gasteiger partial charge in [-0.25, -0.2) is 0 Å². The van der Waals surface area contributed by atoms with Gasteiger partial charge in [-0.15, -0.1) is 0 Å². The fraction of sp³-hybridized carbons (Fsp3) is 0.348. The van der Waals surface area contributed by atoms with E-state index in [0.717, 1.165) is 47.3 Å². The highest BCUT2D eigenvalue weighted by Gasteiger charge is 2.19. The zero-order chi connectivity index (χ0) is 20.3. The van der Waals surface area contributed by atoms with Crippen LogP contribution in [0.4, 0.5) is 0 Å². The molecule has 1 aliphatic rings. The number of ether oxygens (including phenoxy) is 1. The van der Waals surface area contributed by atoms with Crippen LogP contribution in [0.3, 0.4) is 0 Å². The van der Waals surface area contributed by atoms with Crippen LogP contribution in [-0.2, 0) is 11.2 Å². The Morgan fingerprint density at radius 2 is 1.89 bits per heavy atom. The maximum absolute atomic E-state index is 10.8. The number of benzene rings is 2. The molecule has 1 aliphatic carbocycles. The van der Waals surface area contributed by atoms with E-state index in [1.54, 1.807) is 6.07 Å². The standard InChI is InChI=1S/C23H24Cl2O3/c1-14-15(2)22(10-6-16(14)7-11-23(26)27)28-13-17-4-3-5-19(17)20-9-8-18(24)12-21(20)25/h6,8-10,12H,3-5,7,11,13H2,1-2H3,(H,26,27). The quantitative estimate of drug-likeness (QED) is 0.547. The van der Waals surface area contributed by atoms with Gasteiger partial charge in [0.2, 0.25) is 0 Å². The Bertz CT molecular complexity index is 932. The zero-order valence-electron chi connectivity index (χ0n) is 16.1. The molecule has 0 spiro atoms. The number of aliphatic carboxylic acids is 1. The molecule has 0 radical (unpaired) electrons. The van der Waals surface area contributed by atoms with E-state index in [4.69, 9.17) is 33.0 Å². The van der Waals surface area contributed by atoms with Crippen LogP contribution in [0.15, 0.2) is 35.9 Å². The van der Waals surface area contributed by atoms with Gasteiger partial charge in [0.25, 0.3) is 0 Å². The van der Waals surface area contributed by atoms with E-state index in [0.29, 0.717) is 23.1 Å². The molecule has 0 amide bonds. The van der Waals surface area contributed by atoms with Crippen molar-refractivity contribution in [3.63, 3.8) is 0 Å². The minimum absolute atomic E-state index is 0.137. The summed E-state index contributed by atoms with van der Waals surface area (Å²) in [5.41, 5.74) is 6.79. The summed E-state index contributed by atoms with van der Waals surface area (Å²) in [6.07, 6.45) is 3.76. The number of carboxylic acid groups (broad SMARTS) is 1. The largest absolute Gasteiger partial charge is 0.489 e. The second kappa shape index (κ2) is 9.02. The number of carbonyl (C=O) groups is 1. The third kappa shape index (κ3) is 4.71. The molecule has 5 heteroatoms. The van der Waals surface area contributed by atoms with E-state index in [1.807, 2.05) is 38.1 Å². The molecule has 3 nitrogen and oxygen atoms in total. The Hall–Kier alpha value is -1.97. The number of allylic oxidation sites excluding steroid dienone is 1. The summed E-state index contributed by atoms with van der Waals surface area (Å²) in [5.74, 6) is 0.0662. The Labute approximate surface area is 175 Å². The van der Waals surface area contributed by atoms with Crippen LogP contribution in [0.1, 0.15) is 47.9 Å². The number of aryl methyl sites for hydroxylation is 1. The van der Waals surface area contributed by atoms with Crippen molar-refractivity contribution in [2.75, 3.05) is 6.61 Å². The molecule has 0 fully saturated rings. The molecule has 0 unspecified atom stereocenters. The first-order valence-corrected chi connectivity index (χ1v) is 10.2. The molecule has 0 atom stereocenters. The number of carboxylic acids is 1. The molecule has 148 valence electrons. The van der Waals surface area contributed by atoms with Crippen LogP contribution in [0.2, 0.25) is 10.0 Å². The van der Waals surface area contributed by atoms with Crippen molar-refractivity contribution < 1.29 is 14.6 Å². The number of hydrogen-bond donors (Lipinski definition) is 1. The van der Waals surface area contributed by atoms with Crippen molar-refractivity contribution in [1.29, 1.82) is 0 Å². The lowest BCUT2D eigenvalue weighted by Gasteiger charge is -2.16. The van der Waals surface area contributed by atoms with Crippen molar-refractivity contribution in [1.82, 2.24) is 0 Å². The van der Waals surface area contributed by atoms with Gasteiger partial charge in [0.1, 0.15) is 12.4 Å². The van der Waals surface area contributed by atoms with Crippen LogP contribution < -0.4 is 4.74 Å². The highest BCUT2D eigenvalue weighted by molar-refractivity contribution is 6.35. The lowest BCUT2D eigenvalue weighted by Crippen LogP contribution is -2.05. The third-order valence-electron chi connectivity index (χ3n) is 5.45. The van der Waals surface area contributed by atoms with Gasteiger partial charge >= 0.3 is 5.97 Å². The summed E-state index contributed by atoms with van der Waals surface area (Å²) >= 11 is 12.4. The minimum Gasteiger partial charge on any atom is -0.489 e. The van der Waals surface area contributed by atoms with Gasteiger partial charge in [-0.3, -0.25) is 4.79 Å². The molecule has 1 N–H and O–H groups in total. The van der Waals surface area contributed by atoms with E-state index >= 15 is 0 Å². The molecule has 0 aromatic heterocycles. The molecule has 3 rings (SSSR count). The fourth-order valence-electron chi connectivity index (χ4n) is 3.71. The van der Waals surface area contributed by atoms with E-state index in [2.05, 4.69) is 0 Å². The summed E-state index contributed by atoms with van der Waals surface area (Å²) in [4.78, 5) is 10.8. The monoisotopic (exact) mass is 418 g/mol. The van der Waals surface area contributed by atoms with Gasteiger partial charge in [0, 0.05) is 16.5 Å². The first-order valence-electron chi connectivity index (χ1n) is 9.46. The number of rotatable bonds is 7. The normalized spacial score (nSPS) is 13.9. The molecule has 2 aromatic rings. The number of hydrogen-bond acceptors (Lipinski definition) is 2. The summed E-state index contributed by atoms with van der Waals surface area (Å²) in [6, 6.07) is 9.56. The van der Waals surface area contributed by atoms with Crippen molar-refractivity contribution in [3.05, 3.63) is 68.2 Å². The molecule has 0 saturated heterocycles. The molecular weight excluding hydrogens is 395 g/mol. The first-order chi connectivity index (χ1) is 13.4. The maximum atomic E-state index is 10.8. The van der Waals surface area contributed by atoms with Crippen LogP contribution in [0.5, 0.6) is 5.75 Å². The lowest BCUT2D eigenvalue weighted by atomic mass is 9.99. The Balaban J connectivity index is 1.77. The summed E-state index contributed by atoms with van der Waals surface area (Å²) in [5, 5.41) is 10.2.